The molecule has 0 bridgehead atoms. The number of hydrogen-bond acceptors (Lipinski definition) is 8. The number of anilines is 3. The lowest BCUT2D eigenvalue weighted by atomic mass is 10.2. The summed E-state index contributed by atoms with van der Waals surface area (Å²) in [6, 6.07) is 10.1. The van der Waals surface area contributed by atoms with Gasteiger partial charge in [0, 0.05) is 51.0 Å². The number of rotatable bonds is 3. The highest BCUT2D eigenvalue weighted by Crippen LogP contribution is 2.24. The molecule has 2 aliphatic heterocycles. The Hall–Kier alpha value is -3.00. The largest absolute Gasteiger partial charge is 0.378 e. The van der Waals surface area contributed by atoms with E-state index >= 15 is 0 Å². The van der Waals surface area contributed by atoms with E-state index in [0.717, 1.165) is 92.5 Å². The molecule has 0 N–H and O–H groups in total. The molecule has 0 amide bonds. The molecule has 2 aromatic heterocycles. The van der Waals surface area contributed by atoms with Crippen molar-refractivity contribution in [2.45, 2.75) is 13.8 Å². The molecule has 0 spiro atoms. The predicted octanol–water partition coefficient (Wildman–Crippen LogP) is 2.20. The summed E-state index contributed by atoms with van der Waals surface area (Å²) in [5, 5.41) is 0. The quantitative estimate of drug-likeness (QED) is 0.657. The van der Waals surface area contributed by atoms with Crippen LogP contribution in [0.2, 0.25) is 0 Å². The highest BCUT2D eigenvalue weighted by molar-refractivity contribution is 5.76. The number of piperazine rings is 1. The maximum Gasteiger partial charge on any atom is 0.227 e. The maximum atomic E-state index is 5.48. The first kappa shape index (κ1) is 19.0. The third kappa shape index (κ3) is 3.75. The molecule has 0 saturated carbocycles. The van der Waals surface area contributed by atoms with E-state index in [1.165, 1.54) is 0 Å². The van der Waals surface area contributed by atoms with Crippen molar-refractivity contribution in [2.24, 2.45) is 0 Å². The maximum absolute atomic E-state index is 5.48. The molecule has 4 heterocycles. The minimum absolute atomic E-state index is 0.753. The summed E-state index contributed by atoms with van der Waals surface area (Å²) in [6.45, 7) is 10.8. The molecule has 0 unspecified atom stereocenters. The molecule has 8 nitrogen and oxygen atoms in total. The molecule has 2 saturated heterocycles. The Kier molecular flexibility index (Phi) is 5.08. The fourth-order valence-corrected chi connectivity index (χ4v) is 4.13. The van der Waals surface area contributed by atoms with E-state index in [9.17, 15) is 0 Å². The second kappa shape index (κ2) is 8.02. The van der Waals surface area contributed by atoms with Crippen LogP contribution in [0.15, 0.2) is 30.3 Å². The van der Waals surface area contributed by atoms with Gasteiger partial charge in [-0.05, 0) is 26.0 Å². The summed E-state index contributed by atoms with van der Waals surface area (Å²) in [5.74, 6) is 2.80. The number of para-hydroxylation sites is 2. The van der Waals surface area contributed by atoms with Crippen LogP contribution in [0.4, 0.5) is 17.6 Å². The average Bonchev–Trinajstić information content (AvgIpc) is 2.79. The number of ether oxygens (including phenoxy) is 1. The lowest BCUT2D eigenvalue weighted by Crippen LogP contribution is -2.48. The van der Waals surface area contributed by atoms with E-state index in [4.69, 9.17) is 24.7 Å². The minimum Gasteiger partial charge on any atom is -0.378 e. The second-order valence-electron chi connectivity index (χ2n) is 7.86. The summed E-state index contributed by atoms with van der Waals surface area (Å²) in [7, 11) is 0. The van der Waals surface area contributed by atoms with Gasteiger partial charge in [-0.15, -0.1) is 0 Å². The molecule has 1 aromatic carbocycles. The summed E-state index contributed by atoms with van der Waals surface area (Å²) in [4.78, 5) is 26.1. The third-order valence-electron chi connectivity index (χ3n) is 5.75. The third-order valence-corrected chi connectivity index (χ3v) is 5.75. The molecule has 0 radical (unpaired) electrons. The highest BCUT2D eigenvalue weighted by atomic mass is 16.5. The zero-order chi connectivity index (χ0) is 20.5. The number of hydrogen-bond donors (Lipinski definition) is 0. The monoisotopic (exact) mass is 405 g/mol. The van der Waals surface area contributed by atoms with Crippen molar-refractivity contribution >= 4 is 28.6 Å². The number of nitrogens with zero attached hydrogens (tertiary/aromatic N) is 7. The Labute approximate surface area is 176 Å². The van der Waals surface area contributed by atoms with Crippen LogP contribution in [0.5, 0.6) is 0 Å². The summed E-state index contributed by atoms with van der Waals surface area (Å²) in [6.07, 6.45) is 0. The summed E-state index contributed by atoms with van der Waals surface area (Å²) in [5.41, 5.74) is 3.86. The molecule has 5 rings (SSSR count). The molecule has 0 atom stereocenters. The van der Waals surface area contributed by atoms with E-state index in [1.54, 1.807) is 0 Å². The van der Waals surface area contributed by atoms with Crippen molar-refractivity contribution < 1.29 is 4.74 Å². The van der Waals surface area contributed by atoms with Gasteiger partial charge in [0.25, 0.3) is 0 Å². The van der Waals surface area contributed by atoms with Crippen LogP contribution in [-0.2, 0) is 4.74 Å². The van der Waals surface area contributed by atoms with E-state index in [0.29, 0.717) is 0 Å². The van der Waals surface area contributed by atoms with Gasteiger partial charge < -0.3 is 19.4 Å². The molecule has 0 aliphatic carbocycles. The second-order valence-corrected chi connectivity index (χ2v) is 7.86. The Morgan fingerprint density at radius 3 is 2.13 bits per heavy atom. The van der Waals surface area contributed by atoms with Crippen molar-refractivity contribution in [3.8, 4) is 0 Å². The zero-order valence-corrected chi connectivity index (χ0v) is 17.6. The smallest absolute Gasteiger partial charge is 0.227 e. The fraction of sp³-hybridized carbons (Fsp3) is 0.455. The van der Waals surface area contributed by atoms with Crippen molar-refractivity contribution in [3.05, 3.63) is 41.7 Å². The van der Waals surface area contributed by atoms with Gasteiger partial charge in [-0.1, -0.05) is 12.1 Å². The van der Waals surface area contributed by atoms with E-state index in [2.05, 4.69) is 20.8 Å². The van der Waals surface area contributed by atoms with E-state index < -0.39 is 0 Å². The standard InChI is InChI=1S/C22H27N7O/c1-16-15-20(27-11-13-30-14-12-27)26-22(23-16)29-9-7-28(8-10-29)21-17(2)24-18-5-3-4-6-19(18)25-21/h3-6,15H,7-14H2,1-2H3. The van der Waals surface area contributed by atoms with Gasteiger partial charge >= 0.3 is 0 Å². The normalized spacial score (nSPS) is 17.6. The number of fused-ring (bicyclic) bond motifs is 1. The van der Waals surface area contributed by atoms with Crippen LogP contribution in [0, 0.1) is 13.8 Å². The SMILES string of the molecule is Cc1cc(N2CCOCC2)nc(N2CCN(c3nc4ccccc4nc3C)CC2)n1. The molecule has 3 aromatic rings. The summed E-state index contributed by atoms with van der Waals surface area (Å²) < 4.78 is 5.48. The van der Waals surface area contributed by atoms with Gasteiger partial charge in [0.1, 0.15) is 5.82 Å². The molecular weight excluding hydrogens is 378 g/mol. The van der Waals surface area contributed by atoms with Crippen LogP contribution < -0.4 is 14.7 Å². The molecule has 2 aliphatic rings. The van der Waals surface area contributed by atoms with Gasteiger partial charge in [0.05, 0.1) is 29.9 Å². The predicted molar refractivity (Wildman–Crippen MR) is 119 cm³/mol. The van der Waals surface area contributed by atoms with Gasteiger partial charge in [-0.2, -0.15) is 4.98 Å². The van der Waals surface area contributed by atoms with Gasteiger partial charge in [0.2, 0.25) is 5.95 Å². The topological polar surface area (TPSA) is 70.5 Å². The first-order valence-corrected chi connectivity index (χ1v) is 10.6. The van der Waals surface area contributed by atoms with E-state index in [1.807, 2.05) is 38.1 Å². The molecule has 2 fully saturated rings. The summed E-state index contributed by atoms with van der Waals surface area (Å²) >= 11 is 0. The number of morpholine rings is 1. The Morgan fingerprint density at radius 2 is 1.40 bits per heavy atom. The van der Waals surface area contributed by atoms with Crippen LogP contribution >= 0.6 is 0 Å². The number of aryl methyl sites for hydroxylation is 2. The van der Waals surface area contributed by atoms with Gasteiger partial charge in [-0.3, -0.25) is 0 Å². The van der Waals surface area contributed by atoms with Crippen LogP contribution in [0.3, 0.4) is 0 Å². The molecular formula is C22H27N7O. The molecule has 156 valence electrons. The molecule has 8 heteroatoms. The van der Waals surface area contributed by atoms with E-state index in [-0.39, 0.29) is 0 Å². The Morgan fingerprint density at radius 1 is 0.733 bits per heavy atom. The van der Waals surface area contributed by atoms with Crippen LogP contribution in [-0.4, -0.2) is 72.4 Å². The van der Waals surface area contributed by atoms with Crippen molar-refractivity contribution in [2.75, 3.05) is 67.2 Å². The highest BCUT2D eigenvalue weighted by Gasteiger charge is 2.23. The van der Waals surface area contributed by atoms with Crippen molar-refractivity contribution in [1.82, 2.24) is 19.9 Å². The van der Waals surface area contributed by atoms with Crippen LogP contribution in [0.1, 0.15) is 11.4 Å². The van der Waals surface area contributed by atoms with Crippen molar-refractivity contribution in [1.29, 1.82) is 0 Å². The minimum atomic E-state index is 0.753. The van der Waals surface area contributed by atoms with Crippen LogP contribution in [0.25, 0.3) is 11.0 Å². The molecule has 30 heavy (non-hydrogen) atoms. The Balaban J connectivity index is 1.32. The lowest BCUT2D eigenvalue weighted by molar-refractivity contribution is 0.122. The average molecular weight is 406 g/mol. The first-order valence-electron chi connectivity index (χ1n) is 10.6. The number of benzene rings is 1. The fourth-order valence-electron chi connectivity index (χ4n) is 4.13. The van der Waals surface area contributed by atoms with Gasteiger partial charge in [-0.25, -0.2) is 15.0 Å². The van der Waals surface area contributed by atoms with Crippen molar-refractivity contribution in [3.63, 3.8) is 0 Å². The number of aromatic nitrogens is 4. The Bertz CT molecular complexity index is 1040. The van der Waals surface area contributed by atoms with Gasteiger partial charge in [0.15, 0.2) is 5.82 Å². The zero-order valence-electron chi connectivity index (χ0n) is 17.6. The first-order chi connectivity index (χ1) is 14.7. The lowest BCUT2D eigenvalue weighted by Gasteiger charge is -2.36.